The maximum atomic E-state index is 5.70. The van der Waals surface area contributed by atoms with Crippen molar-refractivity contribution >= 4 is 33.3 Å². The SMILES string of the molecule is CCn1cnnc1CNc1nc(N)nc2sccc12. The molecule has 3 N–H and O–H groups in total. The van der Waals surface area contributed by atoms with Gasteiger partial charge in [-0.25, -0.2) is 4.98 Å². The van der Waals surface area contributed by atoms with Crippen LogP contribution in [-0.2, 0) is 13.1 Å². The van der Waals surface area contributed by atoms with Crippen molar-refractivity contribution in [3.05, 3.63) is 23.6 Å². The number of thiophene rings is 1. The van der Waals surface area contributed by atoms with Crippen molar-refractivity contribution in [2.45, 2.75) is 20.0 Å². The van der Waals surface area contributed by atoms with Crippen molar-refractivity contribution in [2.24, 2.45) is 0 Å². The second-order valence-corrected chi connectivity index (χ2v) is 4.85. The number of nitrogens with one attached hydrogen (secondary N) is 1. The lowest BCUT2D eigenvalue weighted by Gasteiger charge is -2.07. The number of hydrogen-bond acceptors (Lipinski definition) is 7. The highest BCUT2D eigenvalue weighted by atomic mass is 32.1. The summed E-state index contributed by atoms with van der Waals surface area (Å²) < 4.78 is 1.97. The number of nitrogens with zero attached hydrogens (tertiary/aromatic N) is 5. The molecule has 0 aliphatic rings. The third-order valence-corrected chi connectivity index (χ3v) is 3.60. The molecule has 3 aromatic rings. The van der Waals surface area contributed by atoms with E-state index in [9.17, 15) is 0 Å². The molecule has 0 bridgehead atoms. The molecule has 98 valence electrons. The minimum absolute atomic E-state index is 0.273. The molecular weight excluding hydrogens is 262 g/mol. The second-order valence-electron chi connectivity index (χ2n) is 3.96. The summed E-state index contributed by atoms with van der Waals surface area (Å²) in [5, 5.41) is 14.2. The molecule has 3 rings (SSSR count). The minimum atomic E-state index is 0.273. The van der Waals surface area contributed by atoms with Gasteiger partial charge in [-0.2, -0.15) is 4.98 Å². The summed E-state index contributed by atoms with van der Waals surface area (Å²) in [7, 11) is 0. The Balaban J connectivity index is 1.87. The van der Waals surface area contributed by atoms with Crippen LogP contribution < -0.4 is 11.1 Å². The second kappa shape index (κ2) is 4.81. The van der Waals surface area contributed by atoms with Crippen LogP contribution in [-0.4, -0.2) is 24.7 Å². The van der Waals surface area contributed by atoms with Crippen LogP contribution in [0.4, 0.5) is 11.8 Å². The summed E-state index contributed by atoms with van der Waals surface area (Å²) in [6.45, 7) is 3.44. The van der Waals surface area contributed by atoms with Gasteiger partial charge in [-0.15, -0.1) is 21.5 Å². The van der Waals surface area contributed by atoms with E-state index in [4.69, 9.17) is 5.73 Å². The van der Waals surface area contributed by atoms with E-state index >= 15 is 0 Å². The Kier molecular flexibility index (Phi) is 3.00. The Morgan fingerprint density at radius 1 is 1.42 bits per heavy atom. The van der Waals surface area contributed by atoms with Gasteiger partial charge in [0, 0.05) is 6.54 Å². The van der Waals surface area contributed by atoms with E-state index in [1.165, 1.54) is 0 Å². The number of fused-ring (bicyclic) bond motifs is 1. The first-order valence-corrected chi connectivity index (χ1v) is 6.77. The molecule has 0 saturated heterocycles. The number of anilines is 2. The van der Waals surface area contributed by atoms with Gasteiger partial charge in [-0.1, -0.05) is 0 Å². The van der Waals surface area contributed by atoms with Crippen LogP contribution in [0.3, 0.4) is 0 Å². The first-order valence-electron chi connectivity index (χ1n) is 5.89. The highest BCUT2D eigenvalue weighted by molar-refractivity contribution is 7.16. The molecule has 3 heterocycles. The monoisotopic (exact) mass is 275 g/mol. The Hall–Kier alpha value is -2.22. The zero-order valence-electron chi connectivity index (χ0n) is 10.4. The molecule has 0 saturated carbocycles. The number of aryl methyl sites for hydroxylation is 1. The minimum Gasteiger partial charge on any atom is -0.368 e. The molecule has 8 heteroatoms. The van der Waals surface area contributed by atoms with Gasteiger partial charge in [0.2, 0.25) is 5.95 Å². The van der Waals surface area contributed by atoms with E-state index in [1.807, 2.05) is 22.9 Å². The van der Waals surface area contributed by atoms with Crippen LogP contribution in [0.25, 0.3) is 10.2 Å². The van der Waals surface area contributed by atoms with Gasteiger partial charge >= 0.3 is 0 Å². The van der Waals surface area contributed by atoms with Crippen LogP contribution in [0.5, 0.6) is 0 Å². The molecule has 0 unspecified atom stereocenters. The lowest BCUT2D eigenvalue weighted by atomic mass is 10.3. The molecule has 0 amide bonds. The summed E-state index contributed by atoms with van der Waals surface area (Å²) in [5.74, 6) is 1.87. The van der Waals surface area contributed by atoms with Crippen molar-refractivity contribution in [1.82, 2.24) is 24.7 Å². The maximum Gasteiger partial charge on any atom is 0.223 e. The van der Waals surface area contributed by atoms with Crippen LogP contribution >= 0.6 is 11.3 Å². The molecule has 0 aliphatic heterocycles. The zero-order valence-corrected chi connectivity index (χ0v) is 11.2. The third kappa shape index (κ3) is 2.22. The highest BCUT2D eigenvalue weighted by Gasteiger charge is 2.08. The van der Waals surface area contributed by atoms with Crippen LogP contribution in [0.2, 0.25) is 0 Å². The van der Waals surface area contributed by atoms with E-state index < -0.39 is 0 Å². The van der Waals surface area contributed by atoms with E-state index in [0.717, 1.165) is 28.4 Å². The smallest absolute Gasteiger partial charge is 0.223 e. The fourth-order valence-corrected chi connectivity index (χ4v) is 2.62. The number of hydrogen-bond donors (Lipinski definition) is 2. The summed E-state index contributed by atoms with van der Waals surface area (Å²) in [6.07, 6.45) is 1.71. The lowest BCUT2D eigenvalue weighted by Crippen LogP contribution is -2.09. The third-order valence-electron chi connectivity index (χ3n) is 2.79. The van der Waals surface area contributed by atoms with Gasteiger partial charge in [0.1, 0.15) is 17.0 Å². The maximum absolute atomic E-state index is 5.70. The average molecular weight is 275 g/mol. The van der Waals surface area contributed by atoms with Crippen LogP contribution in [0.1, 0.15) is 12.7 Å². The Labute approximate surface area is 113 Å². The fourth-order valence-electron chi connectivity index (χ4n) is 1.85. The van der Waals surface area contributed by atoms with Crippen LogP contribution in [0, 0.1) is 0 Å². The quantitative estimate of drug-likeness (QED) is 0.749. The van der Waals surface area contributed by atoms with Gasteiger partial charge in [-0.05, 0) is 18.4 Å². The Bertz CT molecular complexity index is 702. The normalized spacial score (nSPS) is 11.0. The van der Waals surface area contributed by atoms with Crippen molar-refractivity contribution < 1.29 is 0 Å². The lowest BCUT2D eigenvalue weighted by molar-refractivity contribution is 0.707. The molecular formula is C11H13N7S. The standard InChI is InChI=1S/C11H13N7S/c1-2-18-6-14-17-8(18)5-13-9-7-3-4-19-10(7)16-11(12)15-9/h3-4,6H,2,5H2,1H3,(H3,12,13,15,16). The van der Waals surface area contributed by atoms with Crippen molar-refractivity contribution in [3.8, 4) is 0 Å². The Morgan fingerprint density at radius 2 is 2.32 bits per heavy atom. The number of nitrogen functional groups attached to an aromatic ring is 1. The molecule has 7 nitrogen and oxygen atoms in total. The molecule has 3 aromatic heterocycles. The molecule has 19 heavy (non-hydrogen) atoms. The molecule has 0 fully saturated rings. The first kappa shape index (κ1) is 11.8. The first-order chi connectivity index (χ1) is 9.28. The Morgan fingerprint density at radius 3 is 3.16 bits per heavy atom. The van der Waals surface area contributed by atoms with Crippen molar-refractivity contribution in [1.29, 1.82) is 0 Å². The van der Waals surface area contributed by atoms with Gasteiger partial charge in [0.25, 0.3) is 0 Å². The van der Waals surface area contributed by atoms with E-state index in [1.54, 1.807) is 17.7 Å². The topological polar surface area (TPSA) is 94.5 Å². The molecule has 0 spiro atoms. The van der Waals surface area contributed by atoms with Crippen molar-refractivity contribution in [2.75, 3.05) is 11.1 Å². The number of aromatic nitrogens is 5. The largest absolute Gasteiger partial charge is 0.368 e. The van der Waals surface area contributed by atoms with Crippen LogP contribution in [0.15, 0.2) is 17.8 Å². The average Bonchev–Trinajstić information content (AvgIpc) is 3.03. The fraction of sp³-hybridized carbons (Fsp3) is 0.273. The molecule has 0 aliphatic carbocycles. The summed E-state index contributed by atoms with van der Waals surface area (Å²) in [4.78, 5) is 9.30. The highest BCUT2D eigenvalue weighted by Crippen LogP contribution is 2.25. The van der Waals surface area contributed by atoms with Gasteiger partial charge in [-0.3, -0.25) is 0 Å². The van der Waals surface area contributed by atoms with Gasteiger partial charge < -0.3 is 15.6 Å². The van der Waals surface area contributed by atoms with E-state index in [0.29, 0.717) is 6.54 Å². The van der Waals surface area contributed by atoms with Gasteiger partial charge in [0.05, 0.1) is 11.9 Å². The predicted molar refractivity (Wildman–Crippen MR) is 74.9 cm³/mol. The summed E-state index contributed by atoms with van der Waals surface area (Å²) >= 11 is 1.54. The summed E-state index contributed by atoms with van der Waals surface area (Å²) in [6, 6.07) is 1.98. The predicted octanol–water partition coefficient (Wildman–Crippen LogP) is 1.50. The number of nitrogens with two attached hydrogens (primary N) is 1. The summed E-state index contributed by atoms with van der Waals surface area (Å²) in [5.41, 5.74) is 5.70. The van der Waals surface area contributed by atoms with E-state index in [-0.39, 0.29) is 5.95 Å². The van der Waals surface area contributed by atoms with Gasteiger partial charge in [0.15, 0.2) is 5.82 Å². The number of rotatable bonds is 4. The zero-order chi connectivity index (χ0) is 13.2. The molecule has 0 radical (unpaired) electrons. The molecule has 0 atom stereocenters. The van der Waals surface area contributed by atoms with E-state index in [2.05, 4.69) is 25.5 Å². The molecule has 0 aromatic carbocycles. The van der Waals surface area contributed by atoms with Crippen molar-refractivity contribution in [3.63, 3.8) is 0 Å².